The summed E-state index contributed by atoms with van der Waals surface area (Å²) in [7, 11) is 1.89. The van der Waals surface area contributed by atoms with Gasteiger partial charge in [-0.1, -0.05) is 19.1 Å². The summed E-state index contributed by atoms with van der Waals surface area (Å²) in [4.78, 5) is 10.8. The SMILES string of the molecule is CNCc1cccc(OCC(C)C(N)=O)c1. The van der Waals surface area contributed by atoms with E-state index in [1.165, 1.54) is 0 Å². The van der Waals surface area contributed by atoms with Crippen molar-refractivity contribution in [2.45, 2.75) is 13.5 Å². The quantitative estimate of drug-likeness (QED) is 0.751. The minimum Gasteiger partial charge on any atom is -0.493 e. The first-order valence-electron chi connectivity index (χ1n) is 5.29. The van der Waals surface area contributed by atoms with E-state index < -0.39 is 0 Å². The summed E-state index contributed by atoms with van der Waals surface area (Å²) >= 11 is 0. The van der Waals surface area contributed by atoms with Crippen LogP contribution in [0.25, 0.3) is 0 Å². The zero-order chi connectivity index (χ0) is 12.0. The molecule has 16 heavy (non-hydrogen) atoms. The highest BCUT2D eigenvalue weighted by Gasteiger charge is 2.09. The monoisotopic (exact) mass is 222 g/mol. The van der Waals surface area contributed by atoms with Gasteiger partial charge in [-0.15, -0.1) is 0 Å². The van der Waals surface area contributed by atoms with E-state index >= 15 is 0 Å². The number of carbonyl (C=O) groups excluding carboxylic acids is 1. The van der Waals surface area contributed by atoms with Crippen molar-refractivity contribution in [2.75, 3.05) is 13.7 Å². The molecule has 4 heteroatoms. The molecule has 1 amide bonds. The highest BCUT2D eigenvalue weighted by molar-refractivity contribution is 5.76. The van der Waals surface area contributed by atoms with Gasteiger partial charge in [0.2, 0.25) is 5.91 Å². The summed E-state index contributed by atoms with van der Waals surface area (Å²) in [6.45, 7) is 2.86. The summed E-state index contributed by atoms with van der Waals surface area (Å²) in [6.07, 6.45) is 0. The van der Waals surface area contributed by atoms with Gasteiger partial charge in [0, 0.05) is 6.54 Å². The van der Waals surface area contributed by atoms with E-state index in [1.807, 2.05) is 31.3 Å². The maximum atomic E-state index is 10.8. The lowest BCUT2D eigenvalue weighted by Crippen LogP contribution is -2.25. The van der Waals surface area contributed by atoms with Gasteiger partial charge >= 0.3 is 0 Å². The second-order valence-corrected chi connectivity index (χ2v) is 3.79. The van der Waals surface area contributed by atoms with Crippen LogP contribution >= 0.6 is 0 Å². The van der Waals surface area contributed by atoms with Crippen molar-refractivity contribution >= 4 is 5.91 Å². The van der Waals surface area contributed by atoms with Crippen LogP contribution in [0.4, 0.5) is 0 Å². The molecule has 0 aliphatic rings. The molecule has 0 spiro atoms. The maximum Gasteiger partial charge on any atom is 0.223 e. The summed E-state index contributed by atoms with van der Waals surface area (Å²) in [5.41, 5.74) is 6.29. The Morgan fingerprint density at radius 2 is 2.31 bits per heavy atom. The first-order valence-corrected chi connectivity index (χ1v) is 5.29. The first-order chi connectivity index (χ1) is 7.63. The summed E-state index contributed by atoms with van der Waals surface area (Å²) in [5, 5.41) is 3.06. The molecule has 0 heterocycles. The topological polar surface area (TPSA) is 64.3 Å². The molecule has 4 nitrogen and oxygen atoms in total. The Morgan fingerprint density at radius 3 is 2.94 bits per heavy atom. The largest absolute Gasteiger partial charge is 0.493 e. The number of nitrogens with two attached hydrogens (primary N) is 1. The van der Waals surface area contributed by atoms with E-state index in [0.717, 1.165) is 17.9 Å². The van der Waals surface area contributed by atoms with Crippen molar-refractivity contribution in [1.29, 1.82) is 0 Å². The van der Waals surface area contributed by atoms with E-state index in [0.29, 0.717) is 6.61 Å². The van der Waals surface area contributed by atoms with Crippen LogP contribution in [-0.4, -0.2) is 19.6 Å². The van der Waals surface area contributed by atoms with Crippen molar-refractivity contribution < 1.29 is 9.53 Å². The fraction of sp³-hybridized carbons (Fsp3) is 0.417. The minimum atomic E-state index is -0.341. The number of hydrogen-bond donors (Lipinski definition) is 2. The molecule has 0 saturated heterocycles. The molecule has 0 radical (unpaired) electrons. The lowest BCUT2D eigenvalue weighted by molar-refractivity contribution is -0.122. The van der Waals surface area contributed by atoms with Gasteiger partial charge in [0.1, 0.15) is 5.75 Å². The predicted octanol–water partition coefficient (Wildman–Crippen LogP) is 0.906. The normalized spacial score (nSPS) is 12.1. The van der Waals surface area contributed by atoms with E-state index in [-0.39, 0.29) is 11.8 Å². The van der Waals surface area contributed by atoms with Crippen LogP contribution in [-0.2, 0) is 11.3 Å². The van der Waals surface area contributed by atoms with Crippen molar-refractivity contribution in [3.8, 4) is 5.75 Å². The molecule has 88 valence electrons. The van der Waals surface area contributed by atoms with Crippen LogP contribution in [0, 0.1) is 5.92 Å². The zero-order valence-electron chi connectivity index (χ0n) is 9.69. The summed E-state index contributed by atoms with van der Waals surface area (Å²) in [5.74, 6) is 0.153. The zero-order valence-corrected chi connectivity index (χ0v) is 9.69. The number of benzene rings is 1. The van der Waals surface area contributed by atoms with Crippen LogP contribution in [0.2, 0.25) is 0 Å². The minimum absolute atomic E-state index is 0.270. The van der Waals surface area contributed by atoms with Crippen LogP contribution < -0.4 is 15.8 Å². The molecule has 1 unspecified atom stereocenters. The van der Waals surface area contributed by atoms with Gasteiger partial charge in [0.15, 0.2) is 0 Å². The number of amides is 1. The second-order valence-electron chi connectivity index (χ2n) is 3.79. The van der Waals surface area contributed by atoms with Crippen LogP contribution in [0.1, 0.15) is 12.5 Å². The molecule has 1 aromatic carbocycles. The number of nitrogens with one attached hydrogen (secondary N) is 1. The fourth-order valence-electron chi connectivity index (χ4n) is 1.25. The molecule has 0 bridgehead atoms. The lowest BCUT2D eigenvalue weighted by Gasteiger charge is -2.10. The van der Waals surface area contributed by atoms with Gasteiger partial charge in [-0.25, -0.2) is 0 Å². The smallest absolute Gasteiger partial charge is 0.223 e. The molecule has 0 aromatic heterocycles. The first kappa shape index (κ1) is 12.5. The van der Waals surface area contributed by atoms with Gasteiger partial charge in [0.25, 0.3) is 0 Å². The van der Waals surface area contributed by atoms with Crippen molar-refractivity contribution in [1.82, 2.24) is 5.32 Å². The molecular weight excluding hydrogens is 204 g/mol. The van der Waals surface area contributed by atoms with E-state index in [4.69, 9.17) is 10.5 Å². The Balaban J connectivity index is 2.53. The Bertz CT molecular complexity index is 353. The second kappa shape index (κ2) is 6.12. The highest BCUT2D eigenvalue weighted by Crippen LogP contribution is 2.14. The van der Waals surface area contributed by atoms with Gasteiger partial charge in [-0.3, -0.25) is 4.79 Å². The average molecular weight is 222 g/mol. The molecular formula is C12H18N2O2. The third kappa shape index (κ3) is 3.90. The summed E-state index contributed by atoms with van der Waals surface area (Å²) in [6, 6.07) is 7.76. The maximum absolute atomic E-state index is 10.8. The third-order valence-corrected chi connectivity index (χ3v) is 2.27. The van der Waals surface area contributed by atoms with Crippen LogP contribution in [0.15, 0.2) is 24.3 Å². The molecule has 1 aromatic rings. The standard InChI is InChI=1S/C12H18N2O2/c1-9(12(13)15)8-16-11-5-3-4-10(6-11)7-14-2/h3-6,9,14H,7-8H2,1-2H3,(H2,13,15). The predicted molar refractivity (Wildman–Crippen MR) is 63.1 cm³/mol. The number of primary amides is 1. The number of carbonyl (C=O) groups is 1. The Labute approximate surface area is 95.8 Å². The molecule has 3 N–H and O–H groups in total. The van der Waals surface area contributed by atoms with E-state index in [2.05, 4.69) is 5.32 Å². The number of ether oxygens (including phenoxy) is 1. The van der Waals surface area contributed by atoms with Crippen molar-refractivity contribution in [2.24, 2.45) is 11.7 Å². The Morgan fingerprint density at radius 1 is 1.56 bits per heavy atom. The highest BCUT2D eigenvalue weighted by atomic mass is 16.5. The third-order valence-electron chi connectivity index (χ3n) is 2.27. The van der Waals surface area contributed by atoms with Gasteiger partial charge in [0.05, 0.1) is 12.5 Å². The van der Waals surface area contributed by atoms with E-state index in [1.54, 1.807) is 6.92 Å². The number of hydrogen-bond acceptors (Lipinski definition) is 3. The Kier molecular flexibility index (Phi) is 4.79. The van der Waals surface area contributed by atoms with Crippen LogP contribution in [0.5, 0.6) is 5.75 Å². The Hall–Kier alpha value is -1.55. The molecule has 0 fully saturated rings. The van der Waals surface area contributed by atoms with E-state index in [9.17, 15) is 4.79 Å². The van der Waals surface area contributed by atoms with Crippen LogP contribution in [0.3, 0.4) is 0 Å². The van der Waals surface area contributed by atoms with Crippen molar-refractivity contribution in [3.63, 3.8) is 0 Å². The van der Waals surface area contributed by atoms with Gasteiger partial charge < -0.3 is 15.8 Å². The molecule has 1 rings (SSSR count). The van der Waals surface area contributed by atoms with Gasteiger partial charge in [-0.05, 0) is 24.7 Å². The van der Waals surface area contributed by atoms with Gasteiger partial charge in [-0.2, -0.15) is 0 Å². The molecule has 0 saturated carbocycles. The number of rotatable bonds is 6. The van der Waals surface area contributed by atoms with Crippen molar-refractivity contribution in [3.05, 3.63) is 29.8 Å². The molecule has 0 aliphatic heterocycles. The summed E-state index contributed by atoms with van der Waals surface area (Å²) < 4.78 is 5.49. The lowest BCUT2D eigenvalue weighted by atomic mass is 10.2. The average Bonchev–Trinajstić information content (AvgIpc) is 2.26. The fourth-order valence-corrected chi connectivity index (χ4v) is 1.25. The molecule has 0 aliphatic carbocycles. The molecule has 1 atom stereocenters.